The number of phenolic OH excluding ortho intramolecular Hbond substituents is 1. The number of phenols is 1. The van der Waals surface area contributed by atoms with Crippen molar-refractivity contribution in [1.29, 1.82) is 0 Å². The van der Waals surface area contributed by atoms with E-state index in [0.717, 1.165) is 0 Å². The number of aromatic nitrogens is 5. The first-order chi connectivity index (χ1) is 10.6. The number of aromatic hydroxyl groups is 1. The number of aryl methyl sites for hydroxylation is 1. The maximum atomic E-state index is 13.5. The maximum Gasteiger partial charge on any atom is 0.172 e. The van der Waals surface area contributed by atoms with Gasteiger partial charge in [0.2, 0.25) is 0 Å². The molecule has 4 rings (SSSR count). The molecule has 0 saturated carbocycles. The van der Waals surface area contributed by atoms with Gasteiger partial charge in [0.1, 0.15) is 17.5 Å². The molecule has 3 aromatic heterocycles. The van der Waals surface area contributed by atoms with E-state index in [1.165, 1.54) is 18.5 Å². The van der Waals surface area contributed by atoms with E-state index < -0.39 is 11.6 Å². The van der Waals surface area contributed by atoms with Gasteiger partial charge in [-0.15, -0.1) is 0 Å². The highest BCUT2D eigenvalue weighted by Crippen LogP contribution is 2.30. The van der Waals surface area contributed by atoms with E-state index in [0.29, 0.717) is 33.6 Å². The quantitative estimate of drug-likeness (QED) is 0.558. The Labute approximate surface area is 123 Å². The lowest BCUT2D eigenvalue weighted by Gasteiger charge is -2.04. The number of nitrogens with two attached hydrogens (primary N) is 1. The minimum atomic E-state index is -0.668. The molecule has 0 aliphatic heterocycles. The molecular formula is C14H11FN6O. The predicted molar refractivity (Wildman–Crippen MR) is 79.2 cm³/mol. The lowest BCUT2D eigenvalue weighted by Crippen LogP contribution is -1.97. The van der Waals surface area contributed by atoms with Gasteiger partial charge in [0.05, 0.1) is 5.52 Å². The summed E-state index contributed by atoms with van der Waals surface area (Å²) in [5.74, 6) is -0.256. The van der Waals surface area contributed by atoms with Crippen LogP contribution in [-0.2, 0) is 7.05 Å². The van der Waals surface area contributed by atoms with E-state index >= 15 is 0 Å². The summed E-state index contributed by atoms with van der Waals surface area (Å²) in [5.41, 5.74) is 7.15. The number of anilines is 1. The molecule has 0 bridgehead atoms. The van der Waals surface area contributed by atoms with E-state index in [4.69, 9.17) is 5.73 Å². The van der Waals surface area contributed by atoms with Crippen molar-refractivity contribution in [2.75, 3.05) is 5.73 Å². The zero-order valence-corrected chi connectivity index (χ0v) is 11.5. The van der Waals surface area contributed by atoms with E-state index in [1.807, 2.05) is 0 Å². The second kappa shape index (κ2) is 4.17. The molecule has 4 aromatic rings. The number of benzene rings is 1. The summed E-state index contributed by atoms with van der Waals surface area (Å²) in [4.78, 5) is 8.16. The molecular weight excluding hydrogens is 287 g/mol. The normalized spacial score (nSPS) is 11.5. The molecule has 3 heterocycles. The van der Waals surface area contributed by atoms with Gasteiger partial charge in [-0.2, -0.15) is 5.10 Å². The van der Waals surface area contributed by atoms with E-state index in [2.05, 4.69) is 15.1 Å². The van der Waals surface area contributed by atoms with Crippen LogP contribution < -0.4 is 5.73 Å². The van der Waals surface area contributed by atoms with Crippen LogP contribution in [0.25, 0.3) is 27.8 Å². The van der Waals surface area contributed by atoms with Crippen LogP contribution in [0.15, 0.2) is 30.7 Å². The molecule has 0 aliphatic carbocycles. The molecule has 22 heavy (non-hydrogen) atoms. The highest BCUT2D eigenvalue weighted by molar-refractivity contribution is 5.94. The van der Waals surface area contributed by atoms with E-state index in [1.54, 1.807) is 28.6 Å². The number of nitrogens with zero attached hydrogens (tertiary/aromatic N) is 5. The molecule has 0 radical (unpaired) electrons. The Hall–Kier alpha value is -3.16. The number of hydrogen-bond acceptors (Lipinski definition) is 5. The molecule has 0 atom stereocenters. The Morgan fingerprint density at radius 1 is 1.27 bits per heavy atom. The van der Waals surface area contributed by atoms with Gasteiger partial charge in [0, 0.05) is 24.7 Å². The van der Waals surface area contributed by atoms with Crippen molar-refractivity contribution in [1.82, 2.24) is 24.3 Å². The van der Waals surface area contributed by atoms with Gasteiger partial charge in [-0.1, -0.05) is 0 Å². The number of hydrogen-bond donors (Lipinski definition) is 2. The highest BCUT2D eigenvalue weighted by atomic mass is 19.1. The fraction of sp³-hybridized carbons (Fsp3) is 0.0714. The molecule has 0 spiro atoms. The van der Waals surface area contributed by atoms with Gasteiger partial charge in [-0.25, -0.2) is 19.0 Å². The molecule has 8 heteroatoms. The first-order valence-corrected chi connectivity index (χ1v) is 6.49. The number of nitrogen functional groups attached to an aromatic ring is 1. The second-order valence-electron chi connectivity index (χ2n) is 4.95. The zero-order valence-electron chi connectivity index (χ0n) is 11.5. The van der Waals surface area contributed by atoms with E-state index in [9.17, 15) is 9.50 Å². The van der Waals surface area contributed by atoms with Crippen LogP contribution in [0.3, 0.4) is 0 Å². The van der Waals surface area contributed by atoms with Crippen molar-refractivity contribution in [3.63, 3.8) is 0 Å². The van der Waals surface area contributed by atoms with Gasteiger partial charge >= 0.3 is 0 Å². The third-order valence-electron chi connectivity index (χ3n) is 3.62. The van der Waals surface area contributed by atoms with Crippen molar-refractivity contribution in [2.24, 2.45) is 7.05 Å². The van der Waals surface area contributed by atoms with Crippen LogP contribution in [0.1, 0.15) is 0 Å². The average molecular weight is 298 g/mol. The van der Waals surface area contributed by atoms with Crippen molar-refractivity contribution >= 4 is 27.8 Å². The summed E-state index contributed by atoms with van der Waals surface area (Å²) >= 11 is 0. The topological polar surface area (TPSA) is 94.8 Å². The van der Waals surface area contributed by atoms with Gasteiger partial charge in [0.25, 0.3) is 0 Å². The van der Waals surface area contributed by atoms with Gasteiger partial charge in [0.15, 0.2) is 23.0 Å². The first-order valence-electron chi connectivity index (χ1n) is 6.49. The molecule has 0 unspecified atom stereocenters. The number of fused-ring (bicyclic) bond motifs is 2. The van der Waals surface area contributed by atoms with Crippen LogP contribution in [0, 0.1) is 5.82 Å². The zero-order chi connectivity index (χ0) is 15.4. The molecule has 0 saturated heterocycles. The molecule has 110 valence electrons. The Morgan fingerprint density at radius 2 is 2.09 bits per heavy atom. The Kier molecular flexibility index (Phi) is 2.38. The van der Waals surface area contributed by atoms with Crippen molar-refractivity contribution in [3.05, 3.63) is 36.5 Å². The van der Waals surface area contributed by atoms with Crippen LogP contribution in [0.4, 0.5) is 10.2 Å². The predicted octanol–water partition coefficient (Wildman–Crippen LogP) is 1.73. The molecule has 0 amide bonds. The lowest BCUT2D eigenvalue weighted by atomic mass is 10.2. The van der Waals surface area contributed by atoms with Crippen LogP contribution in [0.5, 0.6) is 5.75 Å². The van der Waals surface area contributed by atoms with Crippen LogP contribution in [0.2, 0.25) is 0 Å². The molecule has 0 fully saturated rings. The Morgan fingerprint density at radius 3 is 2.91 bits per heavy atom. The highest BCUT2D eigenvalue weighted by Gasteiger charge is 2.17. The molecule has 3 N–H and O–H groups in total. The minimum Gasteiger partial charge on any atom is -0.505 e. The maximum absolute atomic E-state index is 13.5. The monoisotopic (exact) mass is 298 g/mol. The van der Waals surface area contributed by atoms with Gasteiger partial charge in [-0.3, -0.25) is 4.57 Å². The Balaban J connectivity index is 2.10. The summed E-state index contributed by atoms with van der Waals surface area (Å²) in [6, 6.07) is 4.36. The van der Waals surface area contributed by atoms with Gasteiger partial charge in [-0.05, 0) is 12.1 Å². The second-order valence-corrected chi connectivity index (χ2v) is 4.95. The van der Waals surface area contributed by atoms with E-state index in [-0.39, 0.29) is 0 Å². The first kappa shape index (κ1) is 12.6. The number of halogens is 1. The summed E-state index contributed by atoms with van der Waals surface area (Å²) in [6.45, 7) is 0. The largest absolute Gasteiger partial charge is 0.505 e. The standard InChI is InChI=1S/C14H11FN6O/c1-20-13-11(12(16)17-6-18-13)14(19-20)21-3-2-7-4-8(15)10(22)5-9(7)21/h2-6,22H,1H3,(H2,16,17,18). The smallest absolute Gasteiger partial charge is 0.172 e. The summed E-state index contributed by atoms with van der Waals surface area (Å²) in [5, 5.41) is 15.3. The van der Waals surface area contributed by atoms with Crippen LogP contribution >= 0.6 is 0 Å². The third-order valence-corrected chi connectivity index (χ3v) is 3.62. The molecule has 0 aliphatic rings. The summed E-state index contributed by atoms with van der Waals surface area (Å²) in [7, 11) is 1.75. The van der Waals surface area contributed by atoms with Crippen molar-refractivity contribution in [3.8, 4) is 11.6 Å². The summed E-state index contributed by atoms with van der Waals surface area (Å²) in [6.07, 6.45) is 3.11. The number of rotatable bonds is 1. The molecule has 1 aromatic carbocycles. The minimum absolute atomic E-state index is 0.307. The SMILES string of the molecule is Cn1nc(-n2ccc3cc(F)c(O)cc32)c2c(N)ncnc21. The Bertz CT molecular complexity index is 1030. The van der Waals surface area contributed by atoms with Crippen molar-refractivity contribution in [2.45, 2.75) is 0 Å². The third kappa shape index (κ3) is 1.57. The molecule has 7 nitrogen and oxygen atoms in total. The van der Waals surface area contributed by atoms with Crippen LogP contribution in [-0.4, -0.2) is 29.4 Å². The fourth-order valence-electron chi connectivity index (χ4n) is 2.59. The van der Waals surface area contributed by atoms with Crippen molar-refractivity contribution < 1.29 is 9.50 Å². The fourth-order valence-corrected chi connectivity index (χ4v) is 2.59. The van der Waals surface area contributed by atoms with Gasteiger partial charge < -0.3 is 10.8 Å². The summed E-state index contributed by atoms with van der Waals surface area (Å²) < 4.78 is 16.8. The lowest BCUT2D eigenvalue weighted by molar-refractivity contribution is 0.433. The average Bonchev–Trinajstić information content (AvgIpc) is 3.02.